The van der Waals surface area contributed by atoms with E-state index in [0.29, 0.717) is 45.3 Å². The number of rotatable bonds is 10. The molecule has 0 aromatic rings. The Morgan fingerprint density at radius 3 is 2.38 bits per heavy atom. The molecule has 3 aliphatic heterocycles. The van der Waals surface area contributed by atoms with Crippen molar-refractivity contribution in [2.24, 2.45) is 28.8 Å². The molecule has 0 radical (unpaired) electrons. The summed E-state index contributed by atoms with van der Waals surface area (Å²) in [5, 5.41) is 7.27. The van der Waals surface area contributed by atoms with Crippen LogP contribution in [0.4, 0.5) is 4.79 Å². The van der Waals surface area contributed by atoms with Gasteiger partial charge >= 0.3 is 12.1 Å². The van der Waals surface area contributed by atoms with E-state index >= 15 is 0 Å². The fraction of sp³-hybridized carbons (Fsp3) is 0.917. The van der Waals surface area contributed by atoms with E-state index in [9.17, 15) is 14.4 Å². The van der Waals surface area contributed by atoms with Gasteiger partial charge in [0.1, 0.15) is 12.0 Å². The zero-order valence-electron chi connectivity index (χ0n) is 32.5. The van der Waals surface area contributed by atoms with E-state index in [1.165, 1.54) is 0 Å². The van der Waals surface area contributed by atoms with Gasteiger partial charge in [-0.3, -0.25) is 14.5 Å². The number of ketones is 1. The van der Waals surface area contributed by atoms with Gasteiger partial charge in [-0.1, -0.05) is 32.8 Å². The maximum Gasteiger partial charge on any atom is 0.410 e. The largest absolute Gasteiger partial charge is 0.458 e. The lowest BCUT2D eigenvalue weighted by Crippen LogP contribution is -2.61. The first-order chi connectivity index (χ1) is 23.4. The number of hydrogen-bond donors (Lipinski definition) is 1. The molecule has 1 amide bonds. The second-order valence-corrected chi connectivity index (χ2v) is 15.6. The van der Waals surface area contributed by atoms with E-state index in [4.69, 9.17) is 29.2 Å². The van der Waals surface area contributed by atoms with E-state index in [2.05, 4.69) is 48.2 Å². The summed E-state index contributed by atoms with van der Waals surface area (Å²) < 4.78 is 31.8. The number of hydrogen-bond acceptors (Lipinski definition) is 11. The third kappa shape index (κ3) is 9.30. The summed E-state index contributed by atoms with van der Waals surface area (Å²) in [6, 6.07) is -0.532. The molecule has 14 nitrogen and oxygen atoms in total. The summed E-state index contributed by atoms with van der Waals surface area (Å²) in [5.74, 6) is -2.79. The van der Waals surface area contributed by atoms with Crippen LogP contribution in [0.1, 0.15) is 94.4 Å². The fourth-order valence-corrected chi connectivity index (χ4v) is 8.50. The first kappa shape index (κ1) is 41.9. The number of carbonyl (C=O) groups is 3. The molecule has 0 aliphatic carbocycles. The van der Waals surface area contributed by atoms with Crippen LogP contribution < -0.4 is 5.32 Å². The highest BCUT2D eigenvalue weighted by Crippen LogP contribution is 2.40. The first-order valence-electron chi connectivity index (χ1n) is 18.5. The van der Waals surface area contributed by atoms with Crippen molar-refractivity contribution < 1.29 is 38.1 Å². The van der Waals surface area contributed by atoms with Crippen molar-refractivity contribution in [3.8, 4) is 0 Å². The normalized spacial score (nSPS) is 40.7. The van der Waals surface area contributed by atoms with Gasteiger partial charge in [0.25, 0.3) is 0 Å². The number of esters is 1. The van der Waals surface area contributed by atoms with E-state index in [1.54, 1.807) is 25.9 Å². The molecule has 0 spiro atoms. The van der Waals surface area contributed by atoms with Crippen LogP contribution in [0.5, 0.6) is 0 Å². The van der Waals surface area contributed by atoms with Gasteiger partial charge in [0, 0.05) is 49.0 Å². The maximum atomic E-state index is 14.3. The lowest BCUT2D eigenvalue weighted by atomic mass is 9.78. The van der Waals surface area contributed by atoms with Crippen LogP contribution in [0, 0.1) is 23.7 Å². The molecule has 286 valence electrons. The molecule has 3 saturated heterocycles. The van der Waals surface area contributed by atoms with Crippen molar-refractivity contribution in [1.82, 2.24) is 15.1 Å². The number of nitrogens with zero attached hydrogens (tertiary/aromatic N) is 5. The molecule has 0 aromatic heterocycles. The number of fused-ring (bicyclic) bond motifs is 1. The van der Waals surface area contributed by atoms with Crippen molar-refractivity contribution in [2.45, 2.75) is 148 Å². The Morgan fingerprint density at radius 1 is 1.10 bits per heavy atom. The number of nitrogens with one attached hydrogen (secondary N) is 1. The maximum absolute atomic E-state index is 14.3. The molecule has 3 aliphatic rings. The topological polar surface area (TPSA) is 165 Å². The van der Waals surface area contributed by atoms with Crippen LogP contribution in [0.15, 0.2) is 5.11 Å². The third-order valence-electron chi connectivity index (χ3n) is 11.4. The smallest absolute Gasteiger partial charge is 0.410 e. The molecule has 3 unspecified atom stereocenters. The van der Waals surface area contributed by atoms with Gasteiger partial charge in [-0.25, -0.2) is 4.79 Å². The van der Waals surface area contributed by atoms with Crippen LogP contribution in [0.2, 0.25) is 0 Å². The van der Waals surface area contributed by atoms with Gasteiger partial charge in [-0.15, -0.1) is 0 Å². The Labute approximate surface area is 299 Å². The van der Waals surface area contributed by atoms with Crippen LogP contribution in [-0.4, -0.2) is 122 Å². The monoisotopic (exact) mass is 708 g/mol. The number of carbonyl (C=O) groups excluding carboxylic acids is 3. The second kappa shape index (κ2) is 17.8. The van der Waals surface area contributed by atoms with Gasteiger partial charge in [0.05, 0.1) is 23.9 Å². The highest BCUT2D eigenvalue weighted by molar-refractivity contribution is 6.00. The number of Topliss-reactive ketones (excluding diaryl/α,β-unsaturated/α-hetero) is 1. The van der Waals surface area contributed by atoms with E-state index in [-0.39, 0.29) is 35.8 Å². The zero-order valence-corrected chi connectivity index (χ0v) is 32.5. The minimum Gasteiger partial charge on any atom is -0.458 e. The van der Waals surface area contributed by atoms with Crippen molar-refractivity contribution >= 4 is 17.8 Å². The first-order valence-corrected chi connectivity index (χ1v) is 18.5. The molecule has 50 heavy (non-hydrogen) atoms. The molecule has 0 bridgehead atoms. The summed E-state index contributed by atoms with van der Waals surface area (Å²) in [6.07, 6.45) is 0.307. The SMILES string of the molecule is CC[C@H]1OC(=O)[C@H](C)C(=O)[C@H](C)[C@@H](O[C@@H]2OC(C)CC(N(C)C)C2C)[C@](C)(OC)C[C@@H](C)CN[C@H](C)[C@H]2N(CCCCN=[N+]=[N-])C(=O)O[C@]12C. The molecule has 3 heterocycles. The van der Waals surface area contributed by atoms with Crippen molar-refractivity contribution in [3.63, 3.8) is 0 Å². The van der Waals surface area contributed by atoms with Crippen molar-refractivity contribution in [3.05, 3.63) is 10.4 Å². The highest BCUT2D eigenvalue weighted by Gasteiger charge is 2.58. The van der Waals surface area contributed by atoms with E-state index in [1.807, 2.05) is 34.6 Å². The van der Waals surface area contributed by atoms with Crippen LogP contribution in [0.3, 0.4) is 0 Å². The van der Waals surface area contributed by atoms with Gasteiger partial charge in [-0.2, -0.15) is 0 Å². The molecule has 13 atom stereocenters. The Bertz CT molecular complexity index is 1220. The third-order valence-corrected chi connectivity index (χ3v) is 11.4. The van der Waals surface area contributed by atoms with Crippen molar-refractivity contribution in [1.29, 1.82) is 0 Å². The summed E-state index contributed by atoms with van der Waals surface area (Å²) in [7, 11) is 5.75. The molecule has 1 N–H and O–H groups in total. The summed E-state index contributed by atoms with van der Waals surface area (Å²) in [4.78, 5) is 48.3. The molecule has 0 saturated carbocycles. The summed E-state index contributed by atoms with van der Waals surface area (Å²) in [6.45, 7) is 18.6. The number of unbranched alkanes of at least 4 members (excludes halogenated alkanes) is 1. The molecule has 0 aromatic carbocycles. The number of methoxy groups -OCH3 is 1. The van der Waals surface area contributed by atoms with Crippen LogP contribution in [-0.2, 0) is 33.3 Å². The predicted octanol–water partition coefficient (Wildman–Crippen LogP) is 5.33. The molecule has 3 rings (SSSR count). The molecule has 3 fully saturated rings. The average molecular weight is 709 g/mol. The Morgan fingerprint density at radius 2 is 1.78 bits per heavy atom. The predicted molar refractivity (Wildman–Crippen MR) is 189 cm³/mol. The van der Waals surface area contributed by atoms with Gasteiger partial charge in [0.2, 0.25) is 0 Å². The van der Waals surface area contributed by atoms with Gasteiger partial charge in [0.15, 0.2) is 17.7 Å². The quantitative estimate of drug-likeness (QED) is 0.0784. The molecular formula is C36H64N6O8. The Kier molecular flexibility index (Phi) is 15.0. The van der Waals surface area contributed by atoms with E-state index in [0.717, 1.165) is 6.42 Å². The Balaban J connectivity index is 2.02. The number of amides is 1. The Hall–Kier alpha value is -2.48. The molecule has 14 heteroatoms. The van der Waals surface area contributed by atoms with Gasteiger partial charge < -0.3 is 33.9 Å². The lowest BCUT2D eigenvalue weighted by Gasteiger charge is -2.47. The number of azide groups is 1. The van der Waals surface area contributed by atoms with Crippen LogP contribution >= 0.6 is 0 Å². The number of ether oxygens (including phenoxy) is 5. The van der Waals surface area contributed by atoms with Crippen LogP contribution in [0.25, 0.3) is 10.4 Å². The lowest BCUT2D eigenvalue weighted by molar-refractivity contribution is -0.281. The summed E-state index contributed by atoms with van der Waals surface area (Å²) >= 11 is 0. The highest BCUT2D eigenvalue weighted by atomic mass is 16.7. The average Bonchev–Trinajstić information content (AvgIpc) is 3.33. The fourth-order valence-electron chi connectivity index (χ4n) is 8.50. The second-order valence-electron chi connectivity index (χ2n) is 15.6. The number of cyclic esters (lactones) is 1. The van der Waals surface area contributed by atoms with E-state index < -0.39 is 59.6 Å². The molecular weight excluding hydrogens is 644 g/mol. The standard InChI is InChI=1S/C36H64N6O8/c1-13-28-36(9)30(42(34(45)50-36)17-15-14-16-39-40-37)26(7)38-20-21(2)19-35(8,46-12)31(24(5)29(43)25(6)32(44)48-28)49-33-23(4)27(41(10)11)18-22(3)47-33/h21-28,30-31,33,38H,13-20H2,1-12H3/t21-,22?,23?,24+,25-,26-,27?,28-,30-,31-,33+,35-,36-/m1/s1. The van der Waals surface area contributed by atoms with Gasteiger partial charge in [-0.05, 0) is 98.8 Å². The minimum absolute atomic E-state index is 0.0127. The summed E-state index contributed by atoms with van der Waals surface area (Å²) in [5.41, 5.74) is 6.54. The zero-order chi connectivity index (χ0) is 37.6. The van der Waals surface area contributed by atoms with Crippen molar-refractivity contribution in [2.75, 3.05) is 40.8 Å². The minimum atomic E-state index is -1.20.